The second-order valence-electron chi connectivity index (χ2n) is 5.60. The third kappa shape index (κ3) is 5.11. The topological polar surface area (TPSA) is 112 Å². The van der Waals surface area contributed by atoms with Crippen molar-refractivity contribution in [1.29, 1.82) is 0 Å². The van der Waals surface area contributed by atoms with Crippen molar-refractivity contribution in [3.05, 3.63) is 73.9 Å². The number of carbonyl (C=O) groups is 1. The molecule has 3 rings (SSSR count). The quantitative estimate of drug-likeness (QED) is 0.396. The van der Waals surface area contributed by atoms with Gasteiger partial charge in [-0.1, -0.05) is 27.5 Å². The number of carbonyl (C=O) groups excluding carboxylic acids is 1. The van der Waals surface area contributed by atoms with Crippen LogP contribution in [0.4, 0.5) is 5.69 Å². The normalized spacial score (nSPS) is 10.6. The molecule has 2 heterocycles. The van der Waals surface area contributed by atoms with Crippen LogP contribution in [0.1, 0.15) is 16.3 Å². The average Bonchev–Trinajstić information content (AvgIpc) is 3.30. The summed E-state index contributed by atoms with van der Waals surface area (Å²) in [6.45, 7) is 0.641. The lowest BCUT2D eigenvalue weighted by atomic mass is 10.3. The number of rotatable bonds is 8. The number of furan rings is 1. The fourth-order valence-corrected chi connectivity index (χ4v) is 2.99. The molecule has 1 aromatic carbocycles. The van der Waals surface area contributed by atoms with Crippen molar-refractivity contribution in [2.45, 2.75) is 13.2 Å². The van der Waals surface area contributed by atoms with Crippen LogP contribution in [0.3, 0.4) is 0 Å². The summed E-state index contributed by atoms with van der Waals surface area (Å²) in [5.41, 5.74) is -0.104. The van der Waals surface area contributed by atoms with E-state index in [0.717, 1.165) is 10.7 Å². The first-order valence-corrected chi connectivity index (χ1v) is 9.21. The molecule has 9 nitrogen and oxygen atoms in total. The van der Waals surface area contributed by atoms with E-state index in [9.17, 15) is 14.9 Å². The molecule has 0 bridgehead atoms. The van der Waals surface area contributed by atoms with Gasteiger partial charge in [-0.2, -0.15) is 5.10 Å². The summed E-state index contributed by atoms with van der Waals surface area (Å²) in [5, 5.41) is 17.6. The number of benzene rings is 1. The van der Waals surface area contributed by atoms with E-state index in [4.69, 9.17) is 20.8 Å². The molecule has 11 heteroatoms. The number of hydrogen-bond acceptors (Lipinski definition) is 6. The largest absolute Gasteiger partial charge is 0.484 e. The van der Waals surface area contributed by atoms with Crippen LogP contribution in [-0.4, -0.2) is 27.2 Å². The van der Waals surface area contributed by atoms with Gasteiger partial charge in [-0.3, -0.25) is 19.6 Å². The van der Waals surface area contributed by atoms with E-state index in [1.54, 1.807) is 24.3 Å². The number of aromatic nitrogens is 2. The van der Waals surface area contributed by atoms with E-state index in [2.05, 4.69) is 26.3 Å². The zero-order valence-electron chi connectivity index (χ0n) is 14.3. The minimum absolute atomic E-state index is 0.104. The standard InChI is InChI=1S/C17H14BrClN4O5/c18-11-1-3-15(14(19)7-11)27-10-13-2-4-16(28-13)17(24)20-5-6-22-9-12(8-21-22)23(25)26/h1-4,7-9H,5-6,10H2,(H,20,24). The first-order valence-electron chi connectivity index (χ1n) is 8.04. The predicted molar refractivity (Wildman–Crippen MR) is 103 cm³/mol. The van der Waals surface area contributed by atoms with Crippen molar-refractivity contribution >= 4 is 39.1 Å². The molecule has 0 atom stereocenters. The van der Waals surface area contributed by atoms with Crippen molar-refractivity contribution in [2.75, 3.05) is 6.54 Å². The summed E-state index contributed by atoms with van der Waals surface area (Å²) in [6, 6.07) is 8.42. The Hall–Kier alpha value is -2.85. The van der Waals surface area contributed by atoms with E-state index in [1.165, 1.54) is 16.9 Å². The Morgan fingerprint density at radius 3 is 2.93 bits per heavy atom. The van der Waals surface area contributed by atoms with Gasteiger partial charge in [0, 0.05) is 11.0 Å². The number of nitrogens with one attached hydrogen (secondary N) is 1. The fraction of sp³-hybridized carbons (Fsp3) is 0.176. The molecule has 0 spiro atoms. The molecule has 3 aromatic rings. The number of ether oxygens (including phenoxy) is 1. The summed E-state index contributed by atoms with van der Waals surface area (Å²) in [7, 11) is 0. The SMILES string of the molecule is O=C(NCCn1cc([N+](=O)[O-])cn1)c1ccc(COc2ccc(Br)cc2Cl)o1. The molecule has 1 N–H and O–H groups in total. The van der Waals surface area contributed by atoms with Crippen LogP contribution in [0.5, 0.6) is 5.75 Å². The van der Waals surface area contributed by atoms with Crippen LogP contribution in [0.15, 0.2) is 51.6 Å². The van der Waals surface area contributed by atoms with E-state index in [-0.39, 0.29) is 24.6 Å². The van der Waals surface area contributed by atoms with E-state index in [0.29, 0.717) is 23.1 Å². The highest BCUT2D eigenvalue weighted by atomic mass is 79.9. The van der Waals surface area contributed by atoms with Gasteiger partial charge in [0.25, 0.3) is 5.91 Å². The maximum atomic E-state index is 12.1. The Kier molecular flexibility index (Phi) is 6.32. The number of amides is 1. The first-order chi connectivity index (χ1) is 13.4. The van der Waals surface area contributed by atoms with Crippen LogP contribution in [0.25, 0.3) is 0 Å². The maximum Gasteiger partial charge on any atom is 0.306 e. The highest BCUT2D eigenvalue weighted by Crippen LogP contribution is 2.28. The van der Waals surface area contributed by atoms with E-state index >= 15 is 0 Å². The second kappa shape index (κ2) is 8.89. The lowest BCUT2D eigenvalue weighted by Gasteiger charge is -2.06. The fourth-order valence-electron chi connectivity index (χ4n) is 2.26. The third-order valence-electron chi connectivity index (χ3n) is 3.61. The zero-order chi connectivity index (χ0) is 20.1. The van der Waals surface area contributed by atoms with Gasteiger partial charge >= 0.3 is 5.69 Å². The van der Waals surface area contributed by atoms with Gasteiger partial charge in [0.1, 0.15) is 30.5 Å². The summed E-state index contributed by atoms with van der Waals surface area (Å²) in [6.07, 6.45) is 2.44. The van der Waals surface area contributed by atoms with Crippen LogP contribution in [0.2, 0.25) is 5.02 Å². The molecule has 28 heavy (non-hydrogen) atoms. The summed E-state index contributed by atoms with van der Waals surface area (Å²) >= 11 is 9.40. The molecule has 0 saturated heterocycles. The van der Waals surface area contributed by atoms with E-state index < -0.39 is 10.8 Å². The van der Waals surface area contributed by atoms with Gasteiger partial charge in [-0.05, 0) is 30.3 Å². The minimum Gasteiger partial charge on any atom is -0.484 e. The molecule has 0 aliphatic rings. The lowest BCUT2D eigenvalue weighted by Crippen LogP contribution is -2.27. The van der Waals surface area contributed by atoms with Crippen molar-refractivity contribution in [3.63, 3.8) is 0 Å². The Balaban J connectivity index is 1.48. The number of nitro groups is 1. The predicted octanol–water partition coefficient (Wildman–Crippen LogP) is 3.81. The Labute approximate surface area is 172 Å². The molecule has 0 radical (unpaired) electrons. The van der Waals surface area contributed by atoms with Gasteiger partial charge in [-0.15, -0.1) is 0 Å². The number of halogens is 2. The summed E-state index contributed by atoms with van der Waals surface area (Å²) in [5.74, 6) is 0.689. The van der Waals surface area contributed by atoms with Crippen LogP contribution < -0.4 is 10.1 Å². The minimum atomic E-state index is -0.532. The monoisotopic (exact) mass is 468 g/mol. The van der Waals surface area contributed by atoms with Crippen LogP contribution >= 0.6 is 27.5 Å². The van der Waals surface area contributed by atoms with Crippen molar-refractivity contribution < 1.29 is 18.9 Å². The molecule has 1 amide bonds. The molecule has 0 saturated carbocycles. The van der Waals surface area contributed by atoms with E-state index in [1.807, 2.05) is 0 Å². The van der Waals surface area contributed by atoms with Gasteiger partial charge in [-0.25, -0.2) is 0 Å². The zero-order valence-corrected chi connectivity index (χ0v) is 16.6. The Morgan fingerprint density at radius 2 is 2.21 bits per heavy atom. The second-order valence-corrected chi connectivity index (χ2v) is 6.93. The molecule has 0 fully saturated rings. The highest BCUT2D eigenvalue weighted by molar-refractivity contribution is 9.10. The summed E-state index contributed by atoms with van der Waals surface area (Å²) < 4.78 is 13.3. The number of hydrogen-bond donors (Lipinski definition) is 1. The van der Waals surface area contributed by atoms with Crippen LogP contribution in [0, 0.1) is 10.1 Å². The Bertz CT molecular complexity index is 1000. The lowest BCUT2D eigenvalue weighted by molar-refractivity contribution is -0.385. The number of nitrogens with zero attached hydrogens (tertiary/aromatic N) is 3. The van der Waals surface area contributed by atoms with Crippen molar-refractivity contribution in [1.82, 2.24) is 15.1 Å². The van der Waals surface area contributed by atoms with Gasteiger partial charge in [0.2, 0.25) is 0 Å². The smallest absolute Gasteiger partial charge is 0.306 e. The average molecular weight is 470 g/mol. The molecular formula is C17H14BrClN4O5. The molecule has 0 unspecified atom stereocenters. The molecule has 0 aliphatic carbocycles. The van der Waals surface area contributed by atoms with Gasteiger partial charge < -0.3 is 14.5 Å². The van der Waals surface area contributed by atoms with Crippen molar-refractivity contribution in [3.8, 4) is 5.75 Å². The van der Waals surface area contributed by atoms with Gasteiger partial charge in [0.15, 0.2) is 5.76 Å². The Morgan fingerprint density at radius 1 is 1.39 bits per heavy atom. The summed E-state index contributed by atoms with van der Waals surface area (Å²) in [4.78, 5) is 22.2. The third-order valence-corrected chi connectivity index (χ3v) is 4.39. The first kappa shape index (κ1) is 19.9. The van der Waals surface area contributed by atoms with Crippen molar-refractivity contribution in [2.24, 2.45) is 0 Å². The molecule has 2 aromatic heterocycles. The molecular weight excluding hydrogens is 456 g/mol. The van der Waals surface area contributed by atoms with Gasteiger partial charge in [0.05, 0.1) is 16.5 Å². The molecule has 0 aliphatic heterocycles. The maximum absolute atomic E-state index is 12.1. The van der Waals surface area contributed by atoms with Crippen LogP contribution in [-0.2, 0) is 13.2 Å². The highest BCUT2D eigenvalue weighted by Gasteiger charge is 2.13. The molecule has 146 valence electrons.